The molecule has 3 aromatic rings. The lowest BCUT2D eigenvalue weighted by Gasteiger charge is -2.08. The molecule has 5 nitrogen and oxygen atoms in total. The molecule has 6 heteroatoms. The summed E-state index contributed by atoms with van der Waals surface area (Å²) in [5, 5.41) is 2.75. The second-order valence-electron chi connectivity index (χ2n) is 5.06. The summed E-state index contributed by atoms with van der Waals surface area (Å²) in [5.74, 6) is -0.189. The van der Waals surface area contributed by atoms with Gasteiger partial charge in [-0.2, -0.15) is 0 Å². The number of carbonyl (C=O) groups excluding carboxylic acids is 1. The number of hydrogen-bond donors (Lipinski definition) is 1. The molecule has 2 heterocycles. The summed E-state index contributed by atoms with van der Waals surface area (Å²) in [4.78, 5) is 16.4. The molecule has 0 aliphatic rings. The number of methoxy groups -OCH3 is 1. The number of aromatic nitrogens is 1. The minimum atomic E-state index is -0.575. The molecule has 122 valence electrons. The smallest absolute Gasteiger partial charge is 0.251 e. The van der Waals surface area contributed by atoms with E-state index in [9.17, 15) is 9.18 Å². The van der Waals surface area contributed by atoms with E-state index in [2.05, 4.69) is 10.3 Å². The van der Waals surface area contributed by atoms with Gasteiger partial charge in [0.2, 0.25) is 0 Å². The van der Waals surface area contributed by atoms with Crippen molar-refractivity contribution in [2.24, 2.45) is 0 Å². The third-order valence-corrected chi connectivity index (χ3v) is 3.47. The molecule has 0 saturated carbocycles. The second-order valence-corrected chi connectivity index (χ2v) is 5.06. The normalized spacial score (nSPS) is 10.4. The Morgan fingerprint density at radius 3 is 2.88 bits per heavy atom. The third kappa shape index (κ3) is 3.43. The number of ether oxygens (including phenoxy) is 1. The summed E-state index contributed by atoms with van der Waals surface area (Å²) < 4.78 is 23.8. The first-order chi connectivity index (χ1) is 11.7. The van der Waals surface area contributed by atoms with Crippen LogP contribution in [-0.2, 0) is 6.54 Å². The average molecular weight is 326 g/mol. The van der Waals surface area contributed by atoms with Crippen LogP contribution in [0.3, 0.4) is 0 Å². The van der Waals surface area contributed by atoms with Gasteiger partial charge in [-0.15, -0.1) is 0 Å². The number of benzene rings is 1. The summed E-state index contributed by atoms with van der Waals surface area (Å²) in [6.07, 6.45) is 3.22. The SMILES string of the molecule is COc1ccc(C(=O)NCc2ccnc(-c3ccco3)c2)cc1F. The largest absolute Gasteiger partial charge is 0.494 e. The minimum absolute atomic E-state index is 0.101. The number of furan rings is 1. The van der Waals surface area contributed by atoms with Gasteiger partial charge in [-0.3, -0.25) is 9.78 Å². The van der Waals surface area contributed by atoms with Gasteiger partial charge in [-0.05, 0) is 48.0 Å². The van der Waals surface area contributed by atoms with Crippen molar-refractivity contribution in [3.63, 3.8) is 0 Å². The molecule has 1 N–H and O–H groups in total. The molecule has 3 rings (SSSR count). The fourth-order valence-corrected chi connectivity index (χ4v) is 2.24. The van der Waals surface area contributed by atoms with E-state index in [-0.39, 0.29) is 17.2 Å². The Labute approximate surface area is 138 Å². The van der Waals surface area contributed by atoms with E-state index >= 15 is 0 Å². The zero-order valence-electron chi connectivity index (χ0n) is 13.0. The van der Waals surface area contributed by atoms with Crippen molar-refractivity contribution >= 4 is 5.91 Å². The molecule has 24 heavy (non-hydrogen) atoms. The van der Waals surface area contributed by atoms with E-state index in [4.69, 9.17) is 9.15 Å². The van der Waals surface area contributed by atoms with Crippen molar-refractivity contribution < 1.29 is 18.3 Å². The van der Waals surface area contributed by atoms with Crippen LogP contribution < -0.4 is 10.1 Å². The number of nitrogens with zero attached hydrogens (tertiary/aromatic N) is 1. The average Bonchev–Trinajstić information content (AvgIpc) is 3.14. The van der Waals surface area contributed by atoms with Crippen molar-refractivity contribution in [3.05, 3.63) is 71.9 Å². The molecule has 0 atom stereocenters. The molecule has 0 aliphatic carbocycles. The van der Waals surface area contributed by atoms with Crippen LogP contribution in [0, 0.1) is 5.82 Å². The second kappa shape index (κ2) is 6.95. The van der Waals surface area contributed by atoms with Gasteiger partial charge in [-0.25, -0.2) is 4.39 Å². The first-order valence-corrected chi connectivity index (χ1v) is 7.28. The fourth-order valence-electron chi connectivity index (χ4n) is 2.24. The van der Waals surface area contributed by atoms with Gasteiger partial charge in [0.15, 0.2) is 17.3 Å². The van der Waals surface area contributed by atoms with Gasteiger partial charge >= 0.3 is 0 Å². The van der Waals surface area contributed by atoms with E-state index in [1.807, 2.05) is 12.1 Å². The highest BCUT2D eigenvalue weighted by Gasteiger charge is 2.10. The Kier molecular flexibility index (Phi) is 4.56. The van der Waals surface area contributed by atoms with E-state index in [0.29, 0.717) is 18.0 Å². The minimum Gasteiger partial charge on any atom is -0.494 e. The highest BCUT2D eigenvalue weighted by atomic mass is 19.1. The summed E-state index contributed by atoms with van der Waals surface area (Å²) in [5.41, 5.74) is 1.77. The molecule has 2 aromatic heterocycles. The lowest BCUT2D eigenvalue weighted by molar-refractivity contribution is 0.0950. The van der Waals surface area contributed by atoms with Gasteiger partial charge < -0.3 is 14.5 Å². The summed E-state index contributed by atoms with van der Waals surface area (Å²) >= 11 is 0. The van der Waals surface area contributed by atoms with Gasteiger partial charge in [0.05, 0.1) is 13.4 Å². The number of pyridine rings is 1. The number of carbonyl (C=O) groups is 1. The zero-order valence-corrected chi connectivity index (χ0v) is 13.0. The number of rotatable bonds is 5. The van der Waals surface area contributed by atoms with Gasteiger partial charge in [-0.1, -0.05) is 0 Å². The number of halogens is 1. The van der Waals surface area contributed by atoms with Crippen LogP contribution in [0.4, 0.5) is 4.39 Å². The van der Waals surface area contributed by atoms with E-state index in [1.54, 1.807) is 24.6 Å². The van der Waals surface area contributed by atoms with Crippen molar-refractivity contribution in [1.82, 2.24) is 10.3 Å². The Morgan fingerprint density at radius 2 is 2.17 bits per heavy atom. The highest BCUT2D eigenvalue weighted by Crippen LogP contribution is 2.19. The molecular weight excluding hydrogens is 311 g/mol. The summed E-state index contributed by atoms with van der Waals surface area (Å²) in [6.45, 7) is 0.294. The summed E-state index contributed by atoms with van der Waals surface area (Å²) in [6, 6.07) is 11.3. The lowest BCUT2D eigenvalue weighted by atomic mass is 10.1. The molecule has 0 fully saturated rings. The molecule has 0 radical (unpaired) electrons. The molecule has 0 spiro atoms. The maximum atomic E-state index is 13.7. The third-order valence-electron chi connectivity index (χ3n) is 3.47. The number of nitrogens with one attached hydrogen (secondary N) is 1. The van der Waals surface area contributed by atoms with Crippen LogP contribution in [0.1, 0.15) is 15.9 Å². The van der Waals surface area contributed by atoms with Crippen molar-refractivity contribution in [2.45, 2.75) is 6.54 Å². The first-order valence-electron chi connectivity index (χ1n) is 7.28. The van der Waals surface area contributed by atoms with E-state index in [0.717, 1.165) is 11.6 Å². The van der Waals surface area contributed by atoms with Crippen LogP contribution in [0.15, 0.2) is 59.3 Å². The van der Waals surface area contributed by atoms with E-state index in [1.165, 1.54) is 19.2 Å². The van der Waals surface area contributed by atoms with Gasteiger partial charge in [0.25, 0.3) is 5.91 Å². The van der Waals surface area contributed by atoms with Gasteiger partial charge in [0, 0.05) is 18.3 Å². The molecule has 0 unspecified atom stereocenters. The van der Waals surface area contributed by atoms with Crippen LogP contribution in [0.2, 0.25) is 0 Å². The molecule has 0 aliphatic heterocycles. The molecule has 0 saturated heterocycles. The van der Waals surface area contributed by atoms with Gasteiger partial charge in [0.1, 0.15) is 5.69 Å². The maximum Gasteiger partial charge on any atom is 0.251 e. The molecule has 1 aromatic carbocycles. The Hall–Kier alpha value is -3.15. The van der Waals surface area contributed by atoms with Crippen LogP contribution in [-0.4, -0.2) is 18.0 Å². The zero-order chi connectivity index (χ0) is 16.9. The maximum absolute atomic E-state index is 13.7. The predicted molar refractivity (Wildman–Crippen MR) is 86.1 cm³/mol. The number of amides is 1. The quantitative estimate of drug-likeness (QED) is 0.780. The summed E-state index contributed by atoms with van der Waals surface area (Å²) in [7, 11) is 1.37. The number of hydrogen-bond acceptors (Lipinski definition) is 4. The van der Waals surface area contributed by atoms with E-state index < -0.39 is 5.82 Å². The van der Waals surface area contributed by atoms with Crippen molar-refractivity contribution in [3.8, 4) is 17.2 Å². The Balaban J connectivity index is 1.68. The Bertz CT molecular complexity index is 847. The predicted octanol–water partition coefficient (Wildman–Crippen LogP) is 3.42. The molecular formula is C18H15FN2O3. The standard InChI is InChI=1S/C18H15FN2O3/c1-23-16-5-4-13(10-14(16)19)18(22)21-11-12-6-7-20-15(9-12)17-3-2-8-24-17/h2-10H,11H2,1H3,(H,21,22). The van der Waals surface area contributed by atoms with Crippen LogP contribution >= 0.6 is 0 Å². The highest BCUT2D eigenvalue weighted by molar-refractivity contribution is 5.94. The first kappa shape index (κ1) is 15.7. The molecule has 0 bridgehead atoms. The molecule has 1 amide bonds. The topological polar surface area (TPSA) is 64.4 Å². The Morgan fingerprint density at radius 1 is 1.29 bits per heavy atom. The van der Waals surface area contributed by atoms with Crippen LogP contribution in [0.25, 0.3) is 11.5 Å². The monoisotopic (exact) mass is 326 g/mol. The van der Waals surface area contributed by atoms with Crippen LogP contribution in [0.5, 0.6) is 5.75 Å². The lowest BCUT2D eigenvalue weighted by Crippen LogP contribution is -2.23. The van der Waals surface area contributed by atoms with Crippen molar-refractivity contribution in [1.29, 1.82) is 0 Å². The van der Waals surface area contributed by atoms with Crippen molar-refractivity contribution in [2.75, 3.05) is 7.11 Å². The fraction of sp³-hybridized carbons (Fsp3) is 0.111.